The summed E-state index contributed by atoms with van der Waals surface area (Å²) in [4.78, 5) is 11.9. The molecule has 22 heavy (non-hydrogen) atoms. The third-order valence-corrected chi connectivity index (χ3v) is 3.81. The molecule has 1 atom stereocenters. The van der Waals surface area contributed by atoms with Gasteiger partial charge < -0.3 is 19.5 Å². The predicted molar refractivity (Wildman–Crippen MR) is 85.6 cm³/mol. The summed E-state index contributed by atoms with van der Waals surface area (Å²) in [6.07, 6.45) is -0.151. The van der Waals surface area contributed by atoms with Crippen LogP contribution < -0.4 is 14.8 Å². The molecule has 1 aromatic carbocycles. The Morgan fingerprint density at radius 2 is 2.00 bits per heavy atom. The van der Waals surface area contributed by atoms with E-state index in [-0.39, 0.29) is 18.6 Å². The Labute approximate surface area is 133 Å². The highest BCUT2D eigenvalue weighted by Gasteiger charge is 2.13. The number of methoxy groups -OCH3 is 2. The third kappa shape index (κ3) is 4.47. The standard InChI is InChI=1S/C16H19NO4S/c1-19-13-5-3-4-6-14(13)21-10-16(18)17-9-15(20-2)12-7-8-22-11-12/h3-8,11,15H,9-10H2,1-2H3,(H,17,18). The van der Waals surface area contributed by atoms with E-state index in [1.54, 1.807) is 37.7 Å². The number of carbonyl (C=O) groups is 1. The van der Waals surface area contributed by atoms with Crippen LogP contribution >= 0.6 is 11.3 Å². The number of hydrogen-bond donors (Lipinski definition) is 1. The number of para-hydroxylation sites is 2. The minimum atomic E-state index is -0.205. The van der Waals surface area contributed by atoms with Crippen LogP contribution in [0.5, 0.6) is 11.5 Å². The molecular weight excluding hydrogens is 302 g/mol. The fraction of sp³-hybridized carbons (Fsp3) is 0.312. The molecule has 0 spiro atoms. The average molecular weight is 321 g/mol. The fourth-order valence-corrected chi connectivity index (χ4v) is 2.64. The first-order valence-electron chi connectivity index (χ1n) is 6.82. The molecule has 1 amide bonds. The highest BCUT2D eigenvalue weighted by molar-refractivity contribution is 7.07. The summed E-state index contributed by atoms with van der Waals surface area (Å²) in [5, 5.41) is 6.79. The summed E-state index contributed by atoms with van der Waals surface area (Å²) in [5.74, 6) is 0.938. The maximum absolute atomic E-state index is 11.9. The van der Waals surface area contributed by atoms with Gasteiger partial charge >= 0.3 is 0 Å². The Balaban J connectivity index is 1.80. The van der Waals surface area contributed by atoms with E-state index in [1.807, 2.05) is 29.0 Å². The number of hydrogen-bond acceptors (Lipinski definition) is 5. The molecule has 6 heteroatoms. The van der Waals surface area contributed by atoms with E-state index in [1.165, 1.54) is 0 Å². The number of nitrogens with one attached hydrogen (secondary N) is 1. The van der Waals surface area contributed by atoms with E-state index in [0.29, 0.717) is 18.0 Å². The van der Waals surface area contributed by atoms with Crippen molar-refractivity contribution in [2.24, 2.45) is 0 Å². The van der Waals surface area contributed by atoms with Crippen molar-refractivity contribution < 1.29 is 19.0 Å². The zero-order valence-corrected chi connectivity index (χ0v) is 13.4. The zero-order chi connectivity index (χ0) is 15.8. The topological polar surface area (TPSA) is 56.8 Å². The summed E-state index contributed by atoms with van der Waals surface area (Å²) in [5.41, 5.74) is 1.05. The lowest BCUT2D eigenvalue weighted by Crippen LogP contribution is -2.32. The molecule has 2 rings (SSSR count). The van der Waals surface area contributed by atoms with Gasteiger partial charge in [0.2, 0.25) is 0 Å². The SMILES string of the molecule is COc1ccccc1OCC(=O)NCC(OC)c1ccsc1. The van der Waals surface area contributed by atoms with E-state index in [0.717, 1.165) is 5.56 Å². The molecule has 0 saturated heterocycles. The average Bonchev–Trinajstić information content (AvgIpc) is 3.08. The van der Waals surface area contributed by atoms with E-state index >= 15 is 0 Å². The Morgan fingerprint density at radius 3 is 2.64 bits per heavy atom. The number of ether oxygens (including phenoxy) is 3. The molecule has 1 unspecified atom stereocenters. The van der Waals surface area contributed by atoms with Crippen molar-refractivity contribution in [1.29, 1.82) is 0 Å². The van der Waals surface area contributed by atoms with Gasteiger partial charge in [-0.15, -0.1) is 0 Å². The summed E-state index contributed by atoms with van der Waals surface area (Å²) < 4.78 is 16.0. The molecule has 1 aromatic heterocycles. The summed E-state index contributed by atoms with van der Waals surface area (Å²) in [6, 6.07) is 9.19. The minimum absolute atomic E-state index is 0.0690. The number of thiophene rings is 1. The second-order valence-corrected chi connectivity index (χ2v) is 5.30. The van der Waals surface area contributed by atoms with Crippen LogP contribution in [0, 0.1) is 0 Å². The molecule has 0 fully saturated rings. The van der Waals surface area contributed by atoms with Crippen molar-refractivity contribution in [3.05, 3.63) is 46.7 Å². The normalized spacial score (nSPS) is 11.7. The van der Waals surface area contributed by atoms with Gasteiger partial charge in [-0.2, -0.15) is 11.3 Å². The van der Waals surface area contributed by atoms with Crippen LogP contribution in [0.4, 0.5) is 0 Å². The van der Waals surface area contributed by atoms with Crippen LogP contribution in [0.2, 0.25) is 0 Å². The molecule has 0 aliphatic heterocycles. The molecule has 1 heterocycles. The number of amides is 1. The van der Waals surface area contributed by atoms with E-state index < -0.39 is 0 Å². The van der Waals surface area contributed by atoms with E-state index in [2.05, 4.69) is 5.32 Å². The largest absolute Gasteiger partial charge is 0.493 e. The van der Waals surface area contributed by atoms with Gasteiger partial charge in [0.1, 0.15) is 6.10 Å². The summed E-state index contributed by atoms with van der Waals surface area (Å²) >= 11 is 1.60. The van der Waals surface area contributed by atoms with Gasteiger partial charge in [0.05, 0.1) is 7.11 Å². The van der Waals surface area contributed by atoms with Gasteiger partial charge in [-0.05, 0) is 34.5 Å². The lowest BCUT2D eigenvalue weighted by molar-refractivity contribution is -0.123. The second-order valence-electron chi connectivity index (χ2n) is 4.52. The Morgan fingerprint density at radius 1 is 1.23 bits per heavy atom. The van der Waals surface area contributed by atoms with Gasteiger partial charge in [0.15, 0.2) is 18.1 Å². The molecule has 1 N–H and O–H groups in total. The molecule has 0 bridgehead atoms. The van der Waals surface area contributed by atoms with Gasteiger partial charge in [0, 0.05) is 13.7 Å². The van der Waals surface area contributed by atoms with Crippen LogP contribution in [0.3, 0.4) is 0 Å². The van der Waals surface area contributed by atoms with Crippen LogP contribution in [0.25, 0.3) is 0 Å². The molecule has 0 aliphatic rings. The van der Waals surface area contributed by atoms with Crippen LogP contribution in [0.15, 0.2) is 41.1 Å². The van der Waals surface area contributed by atoms with Crippen molar-refractivity contribution in [2.45, 2.75) is 6.10 Å². The summed E-state index contributed by atoms with van der Waals surface area (Å²) in [7, 11) is 3.19. The zero-order valence-electron chi connectivity index (χ0n) is 12.6. The molecule has 0 radical (unpaired) electrons. The van der Waals surface area contributed by atoms with Gasteiger partial charge in [-0.3, -0.25) is 4.79 Å². The molecule has 2 aromatic rings. The highest BCUT2D eigenvalue weighted by Crippen LogP contribution is 2.25. The molecule has 0 saturated carbocycles. The fourth-order valence-electron chi connectivity index (χ4n) is 1.93. The Bertz CT molecular complexity index is 586. The maximum atomic E-state index is 11.9. The third-order valence-electron chi connectivity index (χ3n) is 3.11. The number of carbonyl (C=O) groups excluding carboxylic acids is 1. The Kier molecular flexibility index (Phi) is 6.24. The minimum Gasteiger partial charge on any atom is -0.493 e. The smallest absolute Gasteiger partial charge is 0.258 e. The molecular formula is C16H19NO4S. The van der Waals surface area contributed by atoms with Crippen LogP contribution in [-0.2, 0) is 9.53 Å². The summed E-state index contributed by atoms with van der Waals surface area (Å²) in [6.45, 7) is 0.335. The van der Waals surface area contributed by atoms with Crippen molar-refractivity contribution >= 4 is 17.2 Å². The van der Waals surface area contributed by atoms with Crippen molar-refractivity contribution in [3.63, 3.8) is 0 Å². The Hall–Kier alpha value is -2.05. The van der Waals surface area contributed by atoms with Crippen LogP contribution in [0.1, 0.15) is 11.7 Å². The van der Waals surface area contributed by atoms with E-state index in [4.69, 9.17) is 14.2 Å². The lowest BCUT2D eigenvalue weighted by atomic mass is 10.2. The number of rotatable bonds is 8. The van der Waals surface area contributed by atoms with Gasteiger partial charge in [-0.25, -0.2) is 0 Å². The van der Waals surface area contributed by atoms with Crippen molar-refractivity contribution in [2.75, 3.05) is 27.4 Å². The highest BCUT2D eigenvalue weighted by atomic mass is 32.1. The lowest BCUT2D eigenvalue weighted by Gasteiger charge is -2.15. The first kappa shape index (κ1) is 16.3. The quantitative estimate of drug-likeness (QED) is 0.812. The van der Waals surface area contributed by atoms with Gasteiger partial charge in [-0.1, -0.05) is 12.1 Å². The van der Waals surface area contributed by atoms with Crippen molar-refractivity contribution in [1.82, 2.24) is 5.32 Å². The van der Waals surface area contributed by atoms with Crippen molar-refractivity contribution in [3.8, 4) is 11.5 Å². The van der Waals surface area contributed by atoms with Crippen LogP contribution in [-0.4, -0.2) is 33.3 Å². The first-order chi connectivity index (χ1) is 10.7. The first-order valence-corrected chi connectivity index (χ1v) is 7.76. The molecule has 5 nitrogen and oxygen atoms in total. The maximum Gasteiger partial charge on any atom is 0.258 e. The second kappa shape index (κ2) is 8.41. The number of benzene rings is 1. The monoisotopic (exact) mass is 321 g/mol. The van der Waals surface area contributed by atoms with Gasteiger partial charge in [0.25, 0.3) is 5.91 Å². The predicted octanol–water partition coefficient (Wildman–Crippen LogP) is 2.64. The molecule has 118 valence electrons. The molecule has 0 aliphatic carbocycles. The van der Waals surface area contributed by atoms with E-state index in [9.17, 15) is 4.79 Å².